The molecule has 0 heterocycles. The standard InChI is InChI=1S/C11H17NO2/c1-9-4-5-10(8-11(9)14)12(2,3)6-7-13/h4-5,8,13H,6-7H2,1-3H3/p+1. The molecule has 0 saturated heterocycles. The first-order valence-electron chi connectivity index (χ1n) is 4.71. The number of quaternary nitrogens is 1. The third-order valence-corrected chi connectivity index (χ3v) is 2.55. The molecule has 1 aromatic rings. The summed E-state index contributed by atoms with van der Waals surface area (Å²) in [6.45, 7) is 2.65. The molecule has 0 unspecified atom stereocenters. The van der Waals surface area contributed by atoms with E-state index in [1.807, 2.05) is 33.2 Å². The highest BCUT2D eigenvalue weighted by Crippen LogP contribution is 2.26. The molecular formula is C11H18NO2+. The van der Waals surface area contributed by atoms with E-state index in [0.717, 1.165) is 11.3 Å². The molecule has 0 aliphatic heterocycles. The molecule has 0 atom stereocenters. The minimum absolute atomic E-state index is 0.141. The Morgan fingerprint density at radius 2 is 1.93 bits per heavy atom. The first-order chi connectivity index (χ1) is 6.47. The minimum atomic E-state index is 0.141. The zero-order chi connectivity index (χ0) is 10.8. The molecule has 14 heavy (non-hydrogen) atoms. The molecule has 3 heteroatoms. The van der Waals surface area contributed by atoms with Gasteiger partial charge in [-0.15, -0.1) is 0 Å². The first-order valence-corrected chi connectivity index (χ1v) is 4.71. The highest BCUT2D eigenvalue weighted by Gasteiger charge is 2.18. The van der Waals surface area contributed by atoms with E-state index in [9.17, 15) is 5.11 Å². The molecule has 0 saturated carbocycles. The molecule has 0 aliphatic carbocycles. The maximum Gasteiger partial charge on any atom is 0.136 e. The summed E-state index contributed by atoms with van der Waals surface area (Å²) < 4.78 is 0.574. The summed E-state index contributed by atoms with van der Waals surface area (Å²) in [7, 11) is 4.00. The lowest BCUT2D eigenvalue weighted by atomic mass is 10.2. The van der Waals surface area contributed by atoms with Crippen LogP contribution in [0.3, 0.4) is 0 Å². The Hall–Kier alpha value is -1.06. The summed E-state index contributed by atoms with van der Waals surface area (Å²) in [5, 5.41) is 18.5. The second-order valence-electron chi connectivity index (χ2n) is 4.10. The molecule has 0 radical (unpaired) electrons. The van der Waals surface area contributed by atoms with Crippen molar-refractivity contribution in [2.75, 3.05) is 27.2 Å². The van der Waals surface area contributed by atoms with E-state index < -0.39 is 0 Å². The van der Waals surface area contributed by atoms with Crippen molar-refractivity contribution in [3.8, 4) is 5.75 Å². The van der Waals surface area contributed by atoms with Crippen molar-refractivity contribution in [3.63, 3.8) is 0 Å². The summed E-state index contributed by atoms with van der Waals surface area (Å²) >= 11 is 0. The van der Waals surface area contributed by atoms with E-state index in [1.54, 1.807) is 6.07 Å². The number of rotatable bonds is 3. The molecule has 0 aliphatic rings. The summed E-state index contributed by atoms with van der Waals surface area (Å²) in [4.78, 5) is 0. The number of nitrogens with zero attached hydrogens (tertiary/aromatic N) is 1. The largest absolute Gasteiger partial charge is 0.507 e. The van der Waals surface area contributed by atoms with Gasteiger partial charge in [0.05, 0.1) is 20.7 Å². The van der Waals surface area contributed by atoms with Crippen LogP contribution in [0.4, 0.5) is 5.69 Å². The minimum Gasteiger partial charge on any atom is -0.507 e. The van der Waals surface area contributed by atoms with Crippen LogP contribution in [0.25, 0.3) is 0 Å². The van der Waals surface area contributed by atoms with Crippen LogP contribution in [-0.2, 0) is 0 Å². The number of phenolic OH excluding ortho intramolecular Hbond substituents is 1. The van der Waals surface area contributed by atoms with Gasteiger partial charge in [0.1, 0.15) is 18.0 Å². The molecule has 0 spiro atoms. The fraction of sp³-hybridized carbons (Fsp3) is 0.455. The number of aliphatic hydroxyl groups excluding tert-OH is 1. The van der Waals surface area contributed by atoms with Gasteiger partial charge in [-0.05, 0) is 24.6 Å². The summed E-state index contributed by atoms with van der Waals surface area (Å²) in [6, 6.07) is 5.62. The zero-order valence-electron chi connectivity index (χ0n) is 8.99. The number of aromatic hydroxyl groups is 1. The van der Waals surface area contributed by atoms with E-state index in [-0.39, 0.29) is 6.61 Å². The van der Waals surface area contributed by atoms with Crippen molar-refractivity contribution in [2.45, 2.75) is 6.92 Å². The molecule has 0 fully saturated rings. The van der Waals surface area contributed by atoms with Gasteiger partial charge in [0.15, 0.2) is 0 Å². The van der Waals surface area contributed by atoms with Gasteiger partial charge in [0.25, 0.3) is 0 Å². The average molecular weight is 196 g/mol. The lowest BCUT2D eigenvalue weighted by Gasteiger charge is -2.28. The quantitative estimate of drug-likeness (QED) is 0.714. The molecule has 2 N–H and O–H groups in total. The van der Waals surface area contributed by atoms with E-state index >= 15 is 0 Å². The lowest BCUT2D eigenvalue weighted by molar-refractivity contribution is 0.242. The van der Waals surface area contributed by atoms with Crippen molar-refractivity contribution in [1.29, 1.82) is 0 Å². The van der Waals surface area contributed by atoms with Crippen LogP contribution in [-0.4, -0.2) is 37.5 Å². The SMILES string of the molecule is Cc1ccc([N+](C)(C)CCO)cc1O. The maximum atomic E-state index is 9.56. The fourth-order valence-electron chi connectivity index (χ4n) is 1.35. The number of phenols is 1. The second-order valence-corrected chi connectivity index (χ2v) is 4.10. The fourth-order valence-corrected chi connectivity index (χ4v) is 1.35. The predicted molar refractivity (Wildman–Crippen MR) is 58.4 cm³/mol. The predicted octanol–water partition coefficient (Wildman–Crippen LogP) is 1.26. The Morgan fingerprint density at radius 1 is 1.29 bits per heavy atom. The van der Waals surface area contributed by atoms with Gasteiger partial charge in [-0.2, -0.15) is 0 Å². The summed E-state index contributed by atoms with van der Waals surface area (Å²) in [6.07, 6.45) is 0. The number of aryl methyl sites for hydroxylation is 1. The Labute approximate surface area is 84.8 Å². The molecule has 1 rings (SSSR count). The highest BCUT2D eigenvalue weighted by molar-refractivity contribution is 5.49. The van der Waals surface area contributed by atoms with Crippen LogP contribution in [0, 0.1) is 6.92 Å². The molecule has 3 nitrogen and oxygen atoms in total. The second kappa shape index (κ2) is 3.98. The number of likely N-dealkylation sites (N-methyl/N-ethyl adjacent to an activating group) is 1. The van der Waals surface area contributed by atoms with Crippen LogP contribution in [0.15, 0.2) is 18.2 Å². The zero-order valence-corrected chi connectivity index (χ0v) is 8.99. The Balaban J connectivity index is 3.01. The van der Waals surface area contributed by atoms with Gasteiger partial charge in [0, 0.05) is 6.07 Å². The molecule has 0 amide bonds. The molecule has 0 bridgehead atoms. The van der Waals surface area contributed by atoms with Crippen LogP contribution in [0.2, 0.25) is 0 Å². The average Bonchev–Trinajstić information content (AvgIpc) is 2.09. The Bertz CT molecular complexity index is 321. The molecule has 1 aromatic carbocycles. The summed E-state index contributed by atoms with van der Waals surface area (Å²) in [5.74, 6) is 0.312. The Kier molecular flexibility index (Phi) is 3.13. The highest BCUT2D eigenvalue weighted by atomic mass is 16.3. The van der Waals surface area contributed by atoms with E-state index in [0.29, 0.717) is 16.8 Å². The van der Waals surface area contributed by atoms with Gasteiger partial charge in [0.2, 0.25) is 0 Å². The normalized spacial score (nSPS) is 11.7. The van der Waals surface area contributed by atoms with Crippen LogP contribution < -0.4 is 4.48 Å². The van der Waals surface area contributed by atoms with Crippen LogP contribution >= 0.6 is 0 Å². The van der Waals surface area contributed by atoms with Crippen LogP contribution in [0.1, 0.15) is 5.56 Å². The lowest BCUT2D eigenvalue weighted by Crippen LogP contribution is -2.42. The van der Waals surface area contributed by atoms with Gasteiger partial charge in [-0.3, -0.25) is 4.48 Å². The number of hydrogen-bond donors (Lipinski definition) is 2. The molecule has 78 valence electrons. The van der Waals surface area contributed by atoms with Crippen LogP contribution in [0.5, 0.6) is 5.75 Å². The monoisotopic (exact) mass is 196 g/mol. The van der Waals surface area contributed by atoms with Crippen molar-refractivity contribution < 1.29 is 10.2 Å². The number of hydrogen-bond acceptors (Lipinski definition) is 2. The van der Waals surface area contributed by atoms with Crippen molar-refractivity contribution in [3.05, 3.63) is 23.8 Å². The van der Waals surface area contributed by atoms with Gasteiger partial charge in [-0.25, -0.2) is 0 Å². The third-order valence-electron chi connectivity index (χ3n) is 2.55. The number of aliphatic hydroxyl groups is 1. The van der Waals surface area contributed by atoms with Gasteiger partial charge >= 0.3 is 0 Å². The van der Waals surface area contributed by atoms with E-state index in [2.05, 4.69) is 0 Å². The van der Waals surface area contributed by atoms with Crippen molar-refractivity contribution >= 4 is 5.69 Å². The molecule has 0 aromatic heterocycles. The summed E-state index contributed by atoms with van der Waals surface area (Å²) in [5.41, 5.74) is 1.87. The van der Waals surface area contributed by atoms with Crippen molar-refractivity contribution in [1.82, 2.24) is 4.48 Å². The van der Waals surface area contributed by atoms with Gasteiger partial charge < -0.3 is 10.2 Å². The van der Waals surface area contributed by atoms with Gasteiger partial charge in [-0.1, -0.05) is 0 Å². The topological polar surface area (TPSA) is 40.5 Å². The Morgan fingerprint density at radius 3 is 2.43 bits per heavy atom. The smallest absolute Gasteiger partial charge is 0.136 e. The third kappa shape index (κ3) is 2.25. The van der Waals surface area contributed by atoms with Crippen molar-refractivity contribution in [2.24, 2.45) is 0 Å². The van der Waals surface area contributed by atoms with E-state index in [4.69, 9.17) is 5.11 Å². The van der Waals surface area contributed by atoms with E-state index in [1.165, 1.54) is 0 Å². The number of benzene rings is 1. The maximum absolute atomic E-state index is 9.56. The molecular weight excluding hydrogens is 178 g/mol. The first kappa shape index (κ1) is 11.0.